The van der Waals surface area contributed by atoms with E-state index in [0.29, 0.717) is 6.42 Å². The molecule has 0 fully saturated rings. The molecule has 0 atom stereocenters. The van der Waals surface area contributed by atoms with Gasteiger partial charge in [-0.2, -0.15) is 0 Å². The molecule has 2 nitrogen and oxygen atoms in total. The molecule has 2 rings (SSSR count). The Bertz CT molecular complexity index is 546. The molecule has 0 radical (unpaired) electrons. The monoisotopic (exact) mass is 281 g/mol. The highest BCUT2D eigenvalue weighted by Crippen LogP contribution is 2.05. The van der Waals surface area contributed by atoms with E-state index in [-0.39, 0.29) is 5.91 Å². The molecular weight excluding hydrogens is 258 g/mol. The molecule has 2 aromatic carbocycles. The van der Waals surface area contributed by atoms with Crippen molar-refractivity contribution in [1.29, 1.82) is 0 Å². The Kier molecular flexibility index (Phi) is 6.01. The fourth-order valence-corrected chi connectivity index (χ4v) is 2.27. The van der Waals surface area contributed by atoms with E-state index in [0.717, 1.165) is 25.8 Å². The number of hydrogen-bond donors (Lipinski definition) is 1. The van der Waals surface area contributed by atoms with Crippen LogP contribution in [0.3, 0.4) is 0 Å². The van der Waals surface area contributed by atoms with Gasteiger partial charge in [-0.15, -0.1) is 0 Å². The van der Waals surface area contributed by atoms with Gasteiger partial charge < -0.3 is 5.32 Å². The zero-order valence-electron chi connectivity index (χ0n) is 12.6. The van der Waals surface area contributed by atoms with Crippen molar-refractivity contribution in [2.75, 3.05) is 6.54 Å². The Morgan fingerprint density at radius 3 is 2.29 bits per heavy atom. The van der Waals surface area contributed by atoms with E-state index in [1.807, 2.05) is 18.2 Å². The minimum Gasteiger partial charge on any atom is -0.356 e. The van der Waals surface area contributed by atoms with Gasteiger partial charge in [-0.1, -0.05) is 60.2 Å². The summed E-state index contributed by atoms with van der Waals surface area (Å²) in [5, 5.41) is 3.00. The smallest absolute Gasteiger partial charge is 0.220 e. The van der Waals surface area contributed by atoms with Crippen LogP contribution >= 0.6 is 0 Å². The average molecular weight is 281 g/mol. The molecule has 0 aliphatic carbocycles. The van der Waals surface area contributed by atoms with Crippen molar-refractivity contribution in [3.05, 3.63) is 71.3 Å². The number of aryl methyl sites for hydroxylation is 3. The fourth-order valence-electron chi connectivity index (χ4n) is 2.27. The third-order valence-corrected chi connectivity index (χ3v) is 3.57. The van der Waals surface area contributed by atoms with E-state index in [9.17, 15) is 4.79 Å². The van der Waals surface area contributed by atoms with Gasteiger partial charge >= 0.3 is 0 Å². The van der Waals surface area contributed by atoms with Gasteiger partial charge in [0.1, 0.15) is 0 Å². The van der Waals surface area contributed by atoms with Crippen LogP contribution < -0.4 is 5.32 Å². The van der Waals surface area contributed by atoms with E-state index in [4.69, 9.17) is 0 Å². The summed E-state index contributed by atoms with van der Waals surface area (Å²) in [6, 6.07) is 18.7. The molecule has 110 valence electrons. The number of hydrogen-bond acceptors (Lipinski definition) is 1. The number of carbonyl (C=O) groups is 1. The Morgan fingerprint density at radius 2 is 1.57 bits per heavy atom. The number of rotatable bonds is 7. The molecule has 21 heavy (non-hydrogen) atoms. The first-order chi connectivity index (χ1) is 10.2. The van der Waals surface area contributed by atoms with Crippen LogP contribution in [0.4, 0.5) is 0 Å². The maximum Gasteiger partial charge on any atom is 0.220 e. The Morgan fingerprint density at radius 1 is 0.905 bits per heavy atom. The predicted octanol–water partition coefficient (Wildman–Crippen LogP) is 3.68. The second-order valence-electron chi connectivity index (χ2n) is 5.42. The summed E-state index contributed by atoms with van der Waals surface area (Å²) in [5.41, 5.74) is 3.83. The SMILES string of the molecule is Cc1ccc(CCCNC(=O)CCc2ccccc2)cc1. The lowest BCUT2D eigenvalue weighted by Gasteiger charge is -2.06. The number of benzene rings is 2. The van der Waals surface area contributed by atoms with Crippen LogP contribution in [0.15, 0.2) is 54.6 Å². The third kappa shape index (κ3) is 5.82. The Labute approximate surface area is 127 Å². The van der Waals surface area contributed by atoms with Gasteiger partial charge in [-0.05, 0) is 37.3 Å². The van der Waals surface area contributed by atoms with Crippen LogP contribution in [-0.2, 0) is 17.6 Å². The molecule has 0 heterocycles. The normalized spacial score (nSPS) is 10.3. The van der Waals surface area contributed by atoms with Gasteiger partial charge in [0.15, 0.2) is 0 Å². The van der Waals surface area contributed by atoms with Crippen molar-refractivity contribution in [3.8, 4) is 0 Å². The molecule has 0 spiro atoms. The van der Waals surface area contributed by atoms with Crippen LogP contribution in [-0.4, -0.2) is 12.5 Å². The topological polar surface area (TPSA) is 29.1 Å². The molecule has 2 aromatic rings. The van der Waals surface area contributed by atoms with Crippen molar-refractivity contribution in [1.82, 2.24) is 5.32 Å². The average Bonchev–Trinajstić information content (AvgIpc) is 2.52. The summed E-state index contributed by atoms with van der Waals surface area (Å²) >= 11 is 0. The molecule has 0 bridgehead atoms. The largest absolute Gasteiger partial charge is 0.356 e. The van der Waals surface area contributed by atoms with E-state index >= 15 is 0 Å². The zero-order valence-corrected chi connectivity index (χ0v) is 12.6. The third-order valence-electron chi connectivity index (χ3n) is 3.57. The molecular formula is C19H23NO. The van der Waals surface area contributed by atoms with Crippen LogP contribution in [0.1, 0.15) is 29.5 Å². The van der Waals surface area contributed by atoms with E-state index in [2.05, 4.69) is 48.6 Å². The van der Waals surface area contributed by atoms with Gasteiger partial charge in [-0.3, -0.25) is 4.79 Å². The van der Waals surface area contributed by atoms with Gasteiger partial charge in [0.25, 0.3) is 0 Å². The van der Waals surface area contributed by atoms with Crippen LogP contribution in [0, 0.1) is 6.92 Å². The van der Waals surface area contributed by atoms with Gasteiger partial charge in [0.05, 0.1) is 0 Å². The maximum absolute atomic E-state index is 11.8. The minimum atomic E-state index is 0.141. The molecule has 0 saturated heterocycles. The lowest BCUT2D eigenvalue weighted by atomic mass is 10.1. The van der Waals surface area contributed by atoms with Crippen LogP contribution in [0.25, 0.3) is 0 Å². The maximum atomic E-state index is 11.8. The quantitative estimate of drug-likeness (QED) is 0.771. The summed E-state index contributed by atoms with van der Waals surface area (Å²) in [7, 11) is 0. The zero-order chi connectivity index (χ0) is 14.9. The highest BCUT2D eigenvalue weighted by atomic mass is 16.1. The summed E-state index contributed by atoms with van der Waals surface area (Å²) in [6.07, 6.45) is 3.37. The second kappa shape index (κ2) is 8.25. The van der Waals surface area contributed by atoms with Gasteiger partial charge in [0, 0.05) is 13.0 Å². The molecule has 0 aliphatic rings. The Hall–Kier alpha value is -2.09. The van der Waals surface area contributed by atoms with Crippen molar-refractivity contribution >= 4 is 5.91 Å². The first-order valence-electron chi connectivity index (χ1n) is 7.60. The summed E-state index contributed by atoms with van der Waals surface area (Å²) < 4.78 is 0. The Balaban J connectivity index is 1.60. The van der Waals surface area contributed by atoms with Crippen molar-refractivity contribution < 1.29 is 4.79 Å². The lowest BCUT2D eigenvalue weighted by Crippen LogP contribution is -2.24. The minimum absolute atomic E-state index is 0.141. The van der Waals surface area contributed by atoms with Crippen LogP contribution in [0.5, 0.6) is 0 Å². The van der Waals surface area contributed by atoms with E-state index < -0.39 is 0 Å². The molecule has 0 saturated carbocycles. The summed E-state index contributed by atoms with van der Waals surface area (Å²) in [4.78, 5) is 11.8. The molecule has 2 heteroatoms. The van der Waals surface area contributed by atoms with Crippen molar-refractivity contribution in [2.45, 2.75) is 32.6 Å². The molecule has 0 aliphatic heterocycles. The van der Waals surface area contributed by atoms with E-state index in [1.54, 1.807) is 0 Å². The lowest BCUT2D eigenvalue weighted by molar-refractivity contribution is -0.121. The van der Waals surface area contributed by atoms with Crippen molar-refractivity contribution in [2.24, 2.45) is 0 Å². The number of amides is 1. The first kappa shape index (κ1) is 15.3. The van der Waals surface area contributed by atoms with Crippen molar-refractivity contribution in [3.63, 3.8) is 0 Å². The summed E-state index contributed by atoms with van der Waals surface area (Å²) in [5.74, 6) is 0.141. The first-order valence-corrected chi connectivity index (χ1v) is 7.60. The highest BCUT2D eigenvalue weighted by molar-refractivity contribution is 5.76. The van der Waals surface area contributed by atoms with E-state index in [1.165, 1.54) is 16.7 Å². The van der Waals surface area contributed by atoms with Gasteiger partial charge in [0.2, 0.25) is 5.91 Å². The standard InChI is InChI=1S/C19H23NO/c1-16-9-11-18(12-10-16)8-5-15-20-19(21)14-13-17-6-3-2-4-7-17/h2-4,6-7,9-12H,5,8,13-15H2,1H3,(H,20,21). The number of carbonyl (C=O) groups excluding carboxylic acids is 1. The van der Waals surface area contributed by atoms with Crippen LogP contribution in [0.2, 0.25) is 0 Å². The molecule has 0 unspecified atom stereocenters. The second-order valence-corrected chi connectivity index (χ2v) is 5.42. The number of nitrogens with one attached hydrogen (secondary N) is 1. The fraction of sp³-hybridized carbons (Fsp3) is 0.316. The predicted molar refractivity (Wildman–Crippen MR) is 87.3 cm³/mol. The highest BCUT2D eigenvalue weighted by Gasteiger charge is 2.01. The summed E-state index contributed by atoms with van der Waals surface area (Å²) in [6.45, 7) is 2.85. The molecule has 1 amide bonds. The molecule has 0 aromatic heterocycles. The van der Waals surface area contributed by atoms with Gasteiger partial charge in [-0.25, -0.2) is 0 Å². The molecule has 1 N–H and O–H groups in total.